The molecule has 55 heavy (non-hydrogen) atoms. The third kappa shape index (κ3) is 8.76. The number of nitrogens with zero attached hydrogens (tertiary/aromatic N) is 2. The number of rotatable bonds is 5. The maximum Gasteiger partial charge on any atom is 0.264 e. The number of fused-ring (bicyclic) bond motifs is 4. The van der Waals surface area contributed by atoms with E-state index in [-0.39, 0.29) is 34.6 Å². The van der Waals surface area contributed by atoms with Crippen LogP contribution in [0.2, 0.25) is 5.02 Å². The molecule has 6 atom stereocenters. The van der Waals surface area contributed by atoms with Gasteiger partial charge in [-0.05, 0) is 105 Å². The van der Waals surface area contributed by atoms with Gasteiger partial charge in [-0.2, -0.15) is 0 Å². The van der Waals surface area contributed by atoms with Crippen LogP contribution in [0.15, 0.2) is 48.6 Å². The van der Waals surface area contributed by atoms with E-state index in [0.29, 0.717) is 50.0 Å². The summed E-state index contributed by atoms with van der Waals surface area (Å²) in [5.74, 6) is -0.0283. The lowest BCUT2D eigenvalue weighted by Gasteiger charge is -2.48. The molecule has 1 saturated carbocycles. The van der Waals surface area contributed by atoms with Crippen LogP contribution in [0, 0.1) is 17.8 Å². The van der Waals surface area contributed by atoms with Crippen molar-refractivity contribution in [2.75, 3.05) is 71.6 Å². The molecule has 0 unspecified atom stereocenters. The molecule has 12 nitrogen and oxygen atoms in total. The van der Waals surface area contributed by atoms with Crippen molar-refractivity contribution in [2.45, 2.75) is 68.6 Å². The molecule has 2 bridgehead atoms. The number of methoxy groups -OCH3 is 2. The minimum Gasteiger partial charge on any atom is -0.490 e. The first-order chi connectivity index (χ1) is 26.3. The van der Waals surface area contributed by atoms with E-state index in [1.54, 1.807) is 39.3 Å². The number of sulfonamides is 1. The van der Waals surface area contributed by atoms with Crippen LogP contribution in [-0.4, -0.2) is 109 Å². The summed E-state index contributed by atoms with van der Waals surface area (Å²) in [6.45, 7) is 8.71. The number of nitrogens with one attached hydrogen (secondary N) is 2. The number of aldehydes is 1. The average molecular weight is 799 g/mol. The molecule has 7 rings (SSSR count). The van der Waals surface area contributed by atoms with Crippen LogP contribution in [0.1, 0.15) is 67.4 Å². The topological polar surface area (TPSA) is 144 Å². The monoisotopic (exact) mass is 798 g/mol. The van der Waals surface area contributed by atoms with E-state index in [1.165, 1.54) is 11.1 Å². The summed E-state index contributed by atoms with van der Waals surface area (Å²) in [7, 11) is -0.761. The van der Waals surface area contributed by atoms with Crippen LogP contribution >= 0.6 is 11.6 Å². The quantitative estimate of drug-likeness (QED) is 0.327. The Morgan fingerprint density at radius 3 is 2.64 bits per heavy atom. The van der Waals surface area contributed by atoms with Gasteiger partial charge in [-0.25, -0.2) is 13.1 Å². The van der Waals surface area contributed by atoms with Gasteiger partial charge >= 0.3 is 0 Å². The van der Waals surface area contributed by atoms with Gasteiger partial charge in [0, 0.05) is 68.9 Å². The summed E-state index contributed by atoms with van der Waals surface area (Å²) in [4.78, 5) is 41.3. The van der Waals surface area contributed by atoms with Crippen LogP contribution < -0.4 is 19.7 Å². The molecular formula is C41H55ClN4O8S. The molecular weight excluding hydrogens is 744 g/mol. The molecule has 2 aliphatic carbocycles. The maximum atomic E-state index is 13.4. The zero-order valence-electron chi connectivity index (χ0n) is 32.4. The first kappa shape index (κ1) is 41.2. The maximum absolute atomic E-state index is 13.4. The fourth-order valence-corrected chi connectivity index (χ4v) is 10.2. The van der Waals surface area contributed by atoms with E-state index >= 15 is 0 Å². The fraction of sp³-hybridized carbons (Fsp3) is 0.585. The second-order valence-corrected chi connectivity index (χ2v) is 18.2. The molecule has 2 fully saturated rings. The van der Waals surface area contributed by atoms with Crippen molar-refractivity contribution in [2.24, 2.45) is 17.8 Å². The number of carbonyl (C=O) groups is 3. The summed E-state index contributed by atoms with van der Waals surface area (Å²) in [6.07, 6.45) is 9.65. The van der Waals surface area contributed by atoms with Crippen molar-refractivity contribution in [3.05, 3.63) is 70.3 Å². The van der Waals surface area contributed by atoms with E-state index in [2.05, 4.69) is 27.1 Å². The molecule has 2 aromatic rings. The highest BCUT2D eigenvalue weighted by Gasteiger charge is 2.49. The van der Waals surface area contributed by atoms with Gasteiger partial charge in [-0.1, -0.05) is 30.7 Å². The summed E-state index contributed by atoms with van der Waals surface area (Å²) in [5, 5.41) is 2.89. The molecule has 300 valence electrons. The Kier molecular flexibility index (Phi) is 13.0. The highest BCUT2D eigenvalue weighted by Crippen LogP contribution is 2.48. The van der Waals surface area contributed by atoms with Gasteiger partial charge in [-0.15, -0.1) is 0 Å². The number of ether oxygens (including phenoxy) is 3. The Morgan fingerprint density at radius 1 is 1.11 bits per heavy atom. The second kappa shape index (κ2) is 17.3. The zero-order valence-corrected chi connectivity index (χ0v) is 33.9. The van der Waals surface area contributed by atoms with Gasteiger partial charge in [0.15, 0.2) is 6.29 Å². The molecule has 0 radical (unpaired) electrons. The van der Waals surface area contributed by atoms with Crippen LogP contribution in [0.3, 0.4) is 0 Å². The number of amides is 2. The van der Waals surface area contributed by atoms with Crippen LogP contribution in [-0.2, 0) is 40.9 Å². The van der Waals surface area contributed by atoms with E-state index in [1.807, 2.05) is 30.0 Å². The molecule has 2 N–H and O–H groups in total. The minimum atomic E-state index is -3.97. The fourth-order valence-electron chi connectivity index (χ4n) is 8.77. The van der Waals surface area contributed by atoms with Gasteiger partial charge in [-0.3, -0.25) is 14.4 Å². The summed E-state index contributed by atoms with van der Waals surface area (Å²) >= 11 is 6.40. The zero-order chi connectivity index (χ0) is 39.4. The van der Waals surface area contributed by atoms with E-state index in [9.17, 15) is 22.8 Å². The number of anilines is 1. The number of allylic oxidation sites excluding steroid dienone is 1. The minimum absolute atomic E-state index is 0.0434. The first-order valence-corrected chi connectivity index (χ1v) is 21.3. The highest BCUT2D eigenvalue weighted by atomic mass is 35.5. The van der Waals surface area contributed by atoms with Crippen LogP contribution in [0.25, 0.3) is 0 Å². The summed E-state index contributed by atoms with van der Waals surface area (Å²) in [6, 6.07) is 11.3. The van der Waals surface area contributed by atoms with E-state index < -0.39 is 26.8 Å². The van der Waals surface area contributed by atoms with Crippen LogP contribution in [0.4, 0.5) is 5.69 Å². The van der Waals surface area contributed by atoms with Crippen molar-refractivity contribution >= 4 is 45.4 Å². The van der Waals surface area contributed by atoms with Crippen molar-refractivity contribution in [3.8, 4) is 5.75 Å². The number of carbonyl (C=O) groups excluding carboxylic acids is 3. The first-order valence-electron chi connectivity index (χ1n) is 19.4. The Morgan fingerprint density at radius 2 is 1.93 bits per heavy atom. The number of hydrogen-bond acceptors (Lipinski definition) is 10. The van der Waals surface area contributed by atoms with Gasteiger partial charge in [0.2, 0.25) is 15.9 Å². The number of halogens is 1. The molecule has 1 spiro atoms. The van der Waals surface area contributed by atoms with Crippen LogP contribution in [0.5, 0.6) is 5.75 Å². The number of hydrogen-bond donors (Lipinski definition) is 2. The molecule has 14 heteroatoms. The lowest BCUT2D eigenvalue weighted by Crippen LogP contribution is -2.53. The Hall–Kier alpha value is -3.49. The highest BCUT2D eigenvalue weighted by molar-refractivity contribution is 7.90. The average Bonchev–Trinajstić information content (AvgIpc) is 3.31. The Bertz CT molecular complexity index is 1880. The summed E-state index contributed by atoms with van der Waals surface area (Å²) < 4.78 is 46.2. The van der Waals surface area contributed by atoms with Crippen molar-refractivity contribution in [1.29, 1.82) is 0 Å². The van der Waals surface area contributed by atoms with E-state index in [0.717, 1.165) is 63.7 Å². The predicted octanol–water partition coefficient (Wildman–Crippen LogP) is 4.53. The van der Waals surface area contributed by atoms with E-state index in [4.69, 9.17) is 25.8 Å². The summed E-state index contributed by atoms with van der Waals surface area (Å²) in [5.41, 5.74) is 2.05. The third-order valence-electron chi connectivity index (χ3n) is 12.5. The van der Waals surface area contributed by atoms with Gasteiger partial charge in [0.05, 0.1) is 30.7 Å². The Balaban J connectivity index is 0.000000403. The SMILES string of the molecule is COCCN1CCNCC1=O.CO[C@]1(C=O)/C=C/C[C@H](C)[C@@H](C)S(=O)(=O)NC(=O)c2ccc3c(c2)N(C[C@@H]2CC[C@H]21)C[C@@]1(CCCc2cc(Cl)ccc21)CO3. The molecule has 5 aliphatic rings. The Labute approximate surface area is 330 Å². The number of aryl methyl sites for hydroxylation is 1. The lowest BCUT2D eigenvalue weighted by atomic mass is 9.64. The largest absolute Gasteiger partial charge is 0.490 e. The third-order valence-corrected chi connectivity index (χ3v) is 14.6. The molecule has 1 saturated heterocycles. The second-order valence-electron chi connectivity index (χ2n) is 15.8. The molecule has 0 aromatic heterocycles. The lowest BCUT2D eigenvalue weighted by molar-refractivity contribution is -0.136. The van der Waals surface area contributed by atoms with Gasteiger partial charge in [0.25, 0.3) is 5.91 Å². The van der Waals surface area contributed by atoms with Crippen molar-refractivity contribution in [3.63, 3.8) is 0 Å². The normalized spacial score (nSPS) is 30.9. The van der Waals surface area contributed by atoms with Gasteiger partial charge in [0.1, 0.15) is 11.4 Å². The number of benzene rings is 2. The smallest absolute Gasteiger partial charge is 0.264 e. The number of piperazine rings is 1. The molecule has 3 aliphatic heterocycles. The standard InChI is InChI=1S/C34H41ClN2O6S.C7H14N2O2/c1-22-6-4-15-34(20-38,42-3)29-11-8-26(29)18-37-19-33(14-5-7-24-16-27(35)10-12-28(24)33)21-43-31-13-9-25(17-30(31)37)32(39)36-44(40,41)23(22)2;1-11-5-4-9-3-2-8-6-7(9)10/h4,9-10,12-13,15-17,20,22-23,26,29H,5-8,11,14,18-19,21H2,1-3H3,(H,36,39);8H,2-6H2,1H3/b15-4+;/t22-,23+,26-,29+,33-,34-;/m0./s1. The predicted molar refractivity (Wildman–Crippen MR) is 212 cm³/mol. The van der Waals surface area contributed by atoms with Crippen molar-refractivity contribution in [1.82, 2.24) is 14.9 Å². The van der Waals surface area contributed by atoms with Crippen molar-refractivity contribution < 1.29 is 37.0 Å². The molecule has 2 aromatic carbocycles. The molecule has 2 amide bonds. The van der Waals surface area contributed by atoms with Gasteiger partial charge < -0.3 is 29.3 Å². The molecule has 3 heterocycles.